The van der Waals surface area contributed by atoms with Gasteiger partial charge in [0.25, 0.3) is 0 Å². The number of amides is 1. The summed E-state index contributed by atoms with van der Waals surface area (Å²) in [5.74, 6) is -1.27. The van der Waals surface area contributed by atoms with Crippen molar-refractivity contribution in [3.63, 3.8) is 0 Å². The van der Waals surface area contributed by atoms with Crippen LogP contribution in [0.1, 0.15) is 19.3 Å². The number of carbonyl (C=O) groups excluding carboxylic acids is 1. The van der Waals surface area contributed by atoms with E-state index in [0.717, 1.165) is 28.7 Å². The average Bonchev–Trinajstić information content (AvgIpc) is 2.88. The largest absolute Gasteiger partial charge is 0.495 e. The summed E-state index contributed by atoms with van der Waals surface area (Å²) in [5, 5.41) is 7.85. The number of carbonyl (C=O) groups is 1. The molecule has 0 radical (unpaired) electrons. The van der Waals surface area contributed by atoms with Crippen molar-refractivity contribution in [2.45, 2.75) is 24.2 Å². The number of benzene rings is 2. The minimum absolute atomic E-state index is 0.0393. The number of halogens is 2. The van der Waals surface area contributed by atoms with Gasteiger partial charge < -0.3 is 15.4 Å². The number of anilines is 1. The molecule has 0 aliphatic carbocycles. The summed E-state index contributed by atoms with van der Waals surface area (Å²) in [6.45, 7) is 1.38. The first kappa shape index (κ1) is 26.1. The van der Waals surface area contributed by atoms with Crippen LogP contribution in [-0.2, 0) is 14.8 Å². The van der Waals surface area contributed by atoms with Gasteiger partial charge in [-0.3, -0.25) is 9.78 Å². The van der Waals surface area contributed by atoms with Gasteiger partial charge in [-0.05, 0) is 61.7 Å². The summed E-state index contributed by atoms with van der Waals surface area (Å²) in [4.78, 5) is 16.9. The van der Waals surface area contributed by atoms with Crippen LogP contribution in [0.25, 0.3) is 10.9 Å². The van der Waals surface area contributed by atoms with Gasteiger partial charge in [-0.1, -0.05) is 11.6 Å². The van der Waals surface area contributed by atoms with Crippen molar-refractivity contribution in [1.82, 2.24) is 14.6 Å². The molecule has 8 nitrogen and oxygen atoms in total. The fraction of sp³-hybridized carbons (Fsp3) is 0.360. The molecular weight excluding hydrogens is 507 g/mol. The molecule has 3 aromatic rings. The lowest BCUT2D eigenvalue weighted by atomic mass is 9.99. The van der Waals surface area contributed by atoms with E-state index in [1.165, 1.54) is 17.5 Å². The number of ether oxygens (including phenoxy) is 1. The summed E-state index contributed by atoms with van der Waals surface area (Å²) in [6, 6.07) is 10.8. The predicted molar refractivity (Wildman–Crippen MR) is 137 cm³/mol. The molecule has 1 aromatic heterocycles. The number of fused-ring (bicyclic) bond motifs is 1. The minimum atomic E-state index is -4.01. The first-order chi connectivity index (χ1) is 17.3. The van der Waals surface area contributed by atoms with Gasteiger partial charge in [-0.2, -0.15) is 4.31 Å². The monoisotopic (exact) mass is 534 g/mol. The van der Waals surface area contributed by atoms with E-state index >= 15 is 0 Å². The van der Waals surface area contributed by atoms with Crippen LogP contribution in [0.3, 0.4) is 0 Å². The number of hydrogen-bond acceptors (Lipinski definition) is 6. The molecule has 36 heavy (non-hydrogen) atoms. The Balaban J connectivity index is 1.30. The Kier molecular flexibility index (Phi) is 8.28. The predicted octanol–water partition coefficient (Wildman–Crippen LogP) is 4.06. The molecule has 4 rings (SSSR count). The highest BCUT2D eigenvalue weighted by molar-refractivity contribution is 7.89. The lowest BCUT2D eigenvalue weighted by molar-refractivity contribution is -0.126. The van der Waals surface area contributed by atoms with E-state index in [1.54, 1.807) is 12.3 Å². The van der Waals surface area contributed by atoms with Crippen LogP contribution in [-0.4, -0.2) is 56.9 Å². The average molecular weight is 535 g/mol. The van der Waals surface area contributed by atoms with Crippen LogP contribution in [0.5, 0.6) is 5.75 Å². The zero-order chi connectivity index (χ0) is 25.7. The molecule has 1 saturated heterocycles. The third-order valence-corrected chi connectivity index (χ3v) is 8.29. The van der Waals surface area contributed by atoms with Crippen LogP contribution >= 0.6 is 11.6 Å². The van der Waals surface area contributed by atoms with E-state index in [0.29, 0.717) is 37.4 Å². The Bertz CT molecular complexity index is 1360. The third-order valence-electron chi connectivity index (χ3n) is 6.17. The summed E-state index contributed by atoms with van der Waals surface area (Å²) < 4.78 is 46.5. The van der Waals surface area contributed by atoms with E-state index in [2.05, 4.69) is 15.6 Å². The Hall–Kier alpha value is -2.95. The van der Waals surface area contributed by atoms with Gasteiger partial charge in [-0.25, -0.2) is 12.8 Å². The van der Waals surface area contributed by atoms with Crippen LogP contribution in [0, 0.1) is 11.7 Å². The van der Waals surface area contributed by atoms with Crippen LogP contribution in [0.4, 0.5) is 10.1 Å². The van der Waals surface area contributed by atoms with Crippen LogP contribution < -0.4 is 15.4 Å². The van der Waals surface area contributed by atoms with Gasteiger partial charge in [0.1, 0.15) is 16.5 Å². The quantitative estimate of drug-likeness (QED) is 0.402. The lowest BCUT2D eigenvalue weighted by Crippen LogP contribution is -2.45. The topological polar surface area (TPSA) is 101 Å². The smallest absolute Gasteiger partial charge is 0.246 e. The standard InChI is InChI=1S/C25H28ClFN4O4S/c1-35-23-8-6-19(27)15-24(23)36(33,34)31-13-2-4-17(16-31)25(32)30-11-3-10-28-21-9-12-29-22-14-18(26)5-7-20(21)22/h5-9,12,14-15,17H,2-4,10-11,13,16H2,1H3,(H,28,29)(H,30,32)/t17-/m0/s1. The molecule has 2 heterocycles. The van der Waals surface area contributed by atoms with E-state index in [4.69, 9.17) is 16.3 Å². The highest BCUT2D eigenvalue weighted by atomic mass is 35.5. The van der Waals surface area contributed by atoms with Gasteiger partial charge in [0.05, 0.1) is 18.5 Å². The van der Waals surface area contributed by atoms with Gasteiger partial charge in [0, 0.05) is 48.5 Å². The summed E-state index contributed by atoms with van der Waals surface area (Å²) >= 11 is 6.04. The number of pyridine rings is 1. The maximum atomic E-state index is 13.8. The lowest BCUT2D eigenvalue weighted by Gasteiger charge is -2.31. The molecule has 1 aliphatic heterocycles. The fourth-order valence-electron chi connectivity index (χ4n) is 4.31. The summed E-state index contributed by atoms with van der Waals surface area (Å²) in [7, 11) is -2.68. The fourth-order valence-corrected chi connectivity index (χ4v) is 6.17. The van der Waals surface area contributed by atoms with Crippen LogP contribution in [0.15, 0.2) is 53.6 Å². The van der Waals surface area contributed by atoms with E-state index < -0.39 is 21.8 Å². The SMILES string of the molecule is COc1ccc(F)cc1S(=O)(=O)N1CCC[C@H](C(=O)NCCCNc2ccnc3cc(Cl)ccc23)C1. The van der Waals surface area contributed by atoms with E-state index in [9.17, 15) is 17.6 Å². The van der Waals surface area contributed by atoms with Crippen molar-refractivity contribution >= 4 is 44.1 Å². The summed E-state index contributed by atoms with van der Waals surface area (Å²) in [5.41, 5.74) is 1.73. The number of rotatable bonds is 9. The number of nitrogens with one attached hydrogen (secondary N) is 2. The Morgan fingerprint density at radius 3 is 2.86 bits per heavy atom. The molecule has 192 valence electrons. The second-order valence-corrected chi connectivity index (χ2v) is 10.9. The van der Waals surface area contributed by atoms with Gasteiger partial charge >= 0.3 is 0 Å². The van der Waals surface area contributed by atoms with Crippen molar-refractivity contribution in [3.05, 3.63) is 59.5 Å². The molecule has 1 aliphatic rings. The molecule has 1 amide bonds. The maximum Gasteiger partial charge on any atom is 0.246 e. The maximum absolute atomic E-state index is 13.8. The highest BCUT2D eigenvalue weighted by Crippen LogP contribution is 2.30. The number of piperidine rings is 1. The Morgan fingerprint density at radius 1 is 1.22 bits per heavy atom. The second kappa shape index (κ2) is 11.4. The number of hydrogen-bond donors (Lipinski definition) is 2. The molecule has 1 fully saturated rings. The Labute approximate surface area is 214 Å². The summed E-state index contributed by atoms with van der Waals surface area (Å²) in [6.07, 6.45) is 3.51. The van der Waals surface area contributed by atoms with Gasteiger partial charge in [0.2, 0.25) is 15.9 Å². The molecule has 0 spiro atoms. The van der Waals surface area contributed by atoms with E-state index in [1.807, 2.05) is 18.2 Å². The van der Waals surface area contributed by atoms with Crippen LogP contribution in [0.2, 0.25) is 5.02 Å². The Morgan fingerprint density at radius 2 is 2.06 bits per heavy atom. The highest BCUT2D eigenvalue weighted by Gasteiger charge is 2.35. The van der Waals surface area contributed by atoms with Crippen molar-refractivity contribution in [2.24, 2.45) is 5.92 Å². The second-order valence-electron chi connectivity index (χ2n) is 8.59. The molecule has 1 atom stereocenters. The molecule has 2 aromatic carbocycles. The molecular formula is C25H28ClFN4O4S. The molecule has 0 unspecified atom stereocenters. The number of aromatic nitrogens is 1. The molecule has 2 N–H and O–H groups in total. The normalized spacial score (nSPS) is 16.6. The van der Waals surface area contributed by atoms with Crippen molar-refractivity contribution in [3.8, 4) is 5.75 Å². The van der Waals surface area contributed by atoms with Crippen molar-refractivity contribution in [2.75, 3.05) is 38.6 Å². The third kappa shape index (κ3) is 5.88. The molecule has 0 saturated carbocycles. The van der Waals surface area contributed by atoms with Gasteiger partial charge in [-0.15, -0.1) is 0 Å². The molecule has 0 bridgehead atoms. The minimum Gasteiger partial charge on any atom is -0.495 e. The number of methoxy groups -OCH3 is 1. The van der Waals surface area contributed by atoms with E-state index in [-0.39, 0.29) is 29.6 Å². The number of nitrogens with zero attached hydrogens (tertiary/aromatic N) is 2. The number of sulfonamides is 1. The van der Waals surface area contributed by atoms with Crippen molar-refractivity contribution < 1.29 is 22.3 Å². The van der Waals surface area contributed by atoms with Crippen molar-refractivity contribution in [1.29, 1.82) is 0 Å². The zero-order valence-corrected chi connectivity index (χ0v) is 21.4. The first-order valence-electron chi connectivity index (χ1n) is 11.7. The zero-order valence-electron chi connectivity index (χ0n) is 19.8. The molecule has 11 heteroatoms. The van der Waals surface area contributed by atoms with Gasteiger partial charge in [0.15, 0.2) is 0 Å². The first-order valence-corrected chi connectivity index (χ1v) is 13.5.